The van der Waals surface area contributed by atoms with Gasteiger partial charge in [0.1, 0.15) is 10.9 Å². The van der Waals surface area contributed by atoms with Crippen LogP contribution in [-0.2, 0) is 34.3 Å². The molecule has 0 aliphatic rings. The number of fused-ring (bicyclic) bond motifs is 1. The topological polar surface area (TPSA) is 158 Å². The van der Waals surface area contributed by atoms with E-state index in [2.05, 4.69) is 15.2 Å². The number of hydrogen-bond acceptors (Lipinski definition) is 10. The van der Waals surface area contributed by atoms with Crippen LogP contribution in [0, 0.1) is 11.3 Å². The molecule has 2 aromatic heterocycles. The Labute approximate surface area is 243 Å². The van der Waals surface area contributed by atoms with Crippen LogP contribution in [0.25, 0.3) is 22.3 Å². The van der Waals surface area contributed by atoms with Gasteiger partial charge in [0, 0.05) is 16.5 Å². The van der Waals surface area contributed by atoms with Crippen LogP contribution in [0.15, 0.2) is 47.5 Å². The van der Waals surface area contributed by atoms with Crippen molar-refractivity contribution < 1.29 is 36.2 Å². The minimum Gasteiger partial charge on any atom is -0.465 e. The molecule has 41 heavy (non-hydrogen) atoms. The molecule has 3 rings (SSSR count). The van der Waals surface area contributed by atoms with E-state index in [1.807, 2.05) is 0 Å². The zero-order valence-corrected chi connectivity index (χ0v) is 25.3. The van der Waals surface area contributed by atoms with E-state index in [1.54, 1.807) is 84.1 Å². The van der Waals surface area contributed by atoms with E-state index in [-0.39, 0.29) is 13.0 Å². The predicted octanol–water partition coefficient (Wildman–Crippen LogP) is 5.52. The number of nitrogens with zero attached hydrogens (tertiary/aromatic N) is 3. The molecule has 1 N–H and O–H groups in total. The van der Waals surface area contributed by atoms with Crippen molar-refractivity contribution in [2.24, 2.45) is 0 Å². The molecule has 1 aromatic carbocycles. The number of rotatable bonds is 10. The number of carbonyl (C=O) groups is 2. The highest BCUT2D eigenvalue weighted by atomic mass is 32.3. The van der Waals surface area contributed by atoms with Crippen molar-refractivity contribution in [3.8, 4) is 17.5 Å². The van der Waals surface area contributed by atoms with E-state index < -0.39 is 45.3 Å². The van der Waals surface area contributed by atoms with Crippen LogP contribution in [-0.4, -0.2) is 58.6 Å². The predicted molar refractivity (Wildman–Crippen MR) is 154 cm³/mol. The van der Waals surface area contributed by atoms with Gasteiger partial charge in [-0.2, -0.15) is 13.7 Å². The summed E-state index contributed by atoms with van der Waals surface area (Å²) < 4.78 is 47.4. The van der Waals surface area contributed by atoms with Crippen LogP contribution >= 0.6 is 11.8 Å². The van der Waals surface area contributed by atoms with Gasteiger partial charge in [0.05, 0.1) is 41.6 Å². The van der Waals surface area contributed by atoms with Gasteiger partial charge < -0.3 is 9.47 Å². The van der Waals surface area contributed by atoms with Crippen molar-refractivity contribution in [3.63, 3.8) is 0 Å². The van der Waals surface area contributed by atoms with Crippen molar-refractivity contribution in [3.05, 3.63) is 48.2 Å². The van der Waals surface area contributed by atoms with Crippen LogP contribution < -0.4 is 0 Å². The summed E-state index contributed by atoms with van der Waals surface area (Å²) in [6.45, 7) is 10.2. The highest BCUT2D eigenvalue weighted by Gasteiger charge is 2.27. The lowest BCUT2D eigenvalue weighted by atomic mass is 9.86. The number of benzene rings is 1. The summed E-state index contributed by atoms with van der Waals surface area (Å²) in [6.07, 6.45) is 0.929. The fraction of sp³-hybridized carbons (Fsp3) is 0.429. The van der Waals surface area contributed by atoms with Crippen LogP contribution in [0.4, 0.5) is 4.79 Å². The number of aromatic nitrogens is 2. The molecule has 0 radical (unpaired) electrons. The Bertz CT molecular complexity index is 1580. The fourth-order valence-corrected chi connectivity index (χ4v) is 5.22. The summed E-state index contributed by atoms with van der Waals surface area (Å²) in [4.78, 5) is 31.1. The largest absolute Gasteiger partial charge is 0.465 e. The van der Waals surface area contributed by atoms with Gasteiger partial charge in [0.15, 0.2) is 0 Å². The summed E-state index contributed by atoms with van der Waals surface area (Å²) in [7, 11) is -4.66. The Morgan fingerprint density at radius 3 is 2.46 bits per heavy atom. The van der Waals surface area contributed by atoms with Gasteiger partial charge in [-0.3, -0.25) is 14.3 Å². The van der Waals surface area contributed by atoms with Crippen molar-refractivity contribution in [2.75, 3.05) is 13.2 Å². The molecule has 0 aliphatic carbocycles. The van der Waals surface area contributed by atoms with E-state index in [4.69, 9.17) is 14.0 Å². The second-order valence-electron chi connectivity index (χ2n) is 10.6. The number of carbonyl (C=O) groups excluding carboxylic acids is 2. The van der Waals surface area contributed by atoms with E-state index in [1.165, 1.54) is 4.57 Å². The molecular weight excluding hydrogens is 570 g/mol. The first-order valence-corrected chi connectivity index (χ1v) is 15.0. The number of thioether (sulfide) groups is 1. The van der Waals surface area contributed by atoms with Crippen molar-refractivity contribution in [2.45, 2.75) is 69.1 Å². The monoisotopic (exact) mass is 603 g/mol. The van der Waals surface area contributed by atoms with Crippen molar-refractivity contribution in [1.29, 1.82) is 5.26 Å². The van der Waals surface area contributed by atoms with Crippen LogP contribution in [0.3, 0.4) is 0 Å². The summed E-state index contributed by atoms with van der Waals surface area (Å²) in [5.74, 6) is -0.565. The van der Waals surface area contributed by atoms with Gasteiger partial charge in [-0.25, -0.2) is 13.5 Å². The average molecular weight is 604 g/mol. The molecule has 2 heterocycles. The van der Waals surface area contributed by atoms with Crippen LogP contribution in [0.1, 0.15) is 53.5 Å². The SMILES string of the molecule is CCOC(=O)C(CCOS(=O)(=O)O)Sc1ccc2c(c1)cc(-c1cc(C(C)(C)C#N)ccn1)n2C(=O)OC(C)(C)C. The molecule has 11 nitrogen and oxygen atoms in total. The maximum absolute atomic E-state index is 13.4. The lowest BCUT2D eigenvalue weighted by Crippen LogP contribution is -2.27. The molecule has 0 aliphatic heterocycles. The molecule has 0 amide bonds. The molecule has 3 aromatic rings. The zero-order valence-electron chi connectivity index (χ0n) is 23.7. The second-order valence-corrected chi connectivity index (χ2v) is 13.0. The van der Waals surface area contributed by atoms with Crippen molar-refractivity contribution >= 4 is 45.1 Å². The zero-order chi connectivity index (χ0) is 30.6. The Morgan fingerprint density at radius 2 is 1.85 bits per heavy atom. The molecule has 220 valence electrons. The Hall–Kier alpha value is -3.44. The normalized spacial score (nSPS) is 13.0. The summed E-state index contributed by atoms with van der Waals surface area (Å²) in [6, 6.07) is 12.8. The van der Waals surface area contributed by atoms with E-state index in [0.717, 1.165) is 17.3 Å². The Kier molecular flexibility index (Phi) is 9.86. The van der Waals surface area contributed by atoms with Gasteiger partial charge in [-0.15, -0.1) is 11.8 Å². The maximum Gasteiger partial charge on any atom is 0.419 e. The number of pyridine rings is 1. The third kappa shape index (κ3) is 8.53. The first-order chi connectivity index (χ1) is 19.0. The van der Waals surface area contributed by atoms with E-state index in [9.17, 15) is 23.3 Å². The van der Waals surface area contributed by atoms with Gasteiger partial charge >= 0.3 is 22.5 Å². The highest BCUT2D eigenvalue weighted by molar-refractivity contribution is 8.00. The number of esters is 1. The second kappa shape index (κ2) is 12.6. The third-order valence-electron chi connectivity index (χ3n) is 5.81. The Morgan fingerprint density at radius 1 is 1.15 bits per heavy atom. The molecule has 0 fully saturated rings. The van der Waals surface area contributed by atoms with E-state index in [0.29, 0.717) is 27.2 Å². The van der Waals surface area contributed by atoms with Gasteiger partial charge in [-0.1, -0.05) is 0 Å². The summed E-state index contributed by atoms with van der Waals surface area (Å²) in [5, 5.41) is 9.45. The number of nitriles is 1. The van der Waals surface area contributed by atoms with Gasteiger partial charge in [-0.05, 0) is 89.9 Å². The van der Waals surface area contributed by atoms with Gasteiger partial charge in [0.2, 0.25) is 0 Å². The smallest absolute Gasteiger partial charge is 0.419 e. The standard InChI is InChI=1S/C28H33N3O8S2/c1-7-37-25(32)24(11-13-38-41(34,35)36)40-20-8-9-22-18(14-20)15-23(31(22)26(33)39-27(2,3)4)21-16-19(10-12-30-21)28(5,6)17-29/h8-10,12,14-16,24H,7,11,13H2,1-6H3,(H,34,35,36). The van der Waals surface area contributed by atoms with Crippen LogP contribution in [0.2, 0.25) is 0 Å². The lowest BCUT2D eigenvalue weighted by molar-refractivity contribution is -0.142. The Balaban J connectivity index is 2.08. The third-order valence-corrected chi connectivity index (χ3v) is 7.52. The minimum absolute atomic E-state index is 0.0448. The molecular formula is C28H33N3O8S2. The lowest BCUT2D eigenvalue weighted by Gasteiger charge is -2.21. The number of hydrogen-bond donors (Lipinski definition) is 1. The molecule has 13 heteroatoms. The molecule has 1 atom stereocenters. The molecule has 0 saturated heterocycles. The van der Waals surface area contributed by atoms with Crippen molar-refractivity contribution in [1.82, 2.24) is 9.55 Å². The minimum atomic E-state index is -4.66. The van der Waals surface area contributed by atoms with E-state index >= 15 is 0 Å². The summed E-state index contributed by atoms with van der Waals surface area (Å²) in [5.41, 5.74) is 0.630. The highest BCUT2D eigenvalue weighted by Crippen LogP contribution is 2.35. The number of ether oxygens (including phenoxy) is 2. The average Bonchev–Trinajstić information content (AvgIpc) is 3.25. The molecule has 1 unspecified atom stereocenters. The summed E-state index contributed by atoms with van der Waals surface area (Å²) >= 11 is 1.13. The molecule has 0 saturated carbocycles. The molecule has 0 bridgehead atoms. The van der Waals surface area contributed by atoms with Crippen LogP contribution in [0.5, 0.6) is 0 Å². The quantitative estimate of drug-likeness (QED) is 0.177. The first-order valence-electron chi connectivity index (χ1n) is 12.8. The fourth-order valence-electron chi connectivity index (χ4n) is 3.87. The molecule has 0 spiro atoms. The first kappa shape index (κ1) is 32.1. The maximum atomic E-state index is 13.4. The van der Waals surface area contributed by atoms with Gasteiger partial charge in [0.25, 0.3) is 0 Å².